The predicted molar refractivity (Wildman–Crippen MR) is 106 cm³/mol. The summed E-state index contributed by atoms with van der Waals surface area (Å²) in [7, 11) is 0. The van der Waals surface area contributed by atoms with Crippen molar-refractivity contribution in [3.63, 3.8) is 0 Å². The Balaban J connectivity index is 1.73. The second-order valence-corrected chi connectivity index (χ2v) is 7.34. The van der Waals surface area contributed by atoms with Gasteiger partial charge in [0.2, 0.25) is 17.7 Å². The van der Waals surface area contributed by atoms with E-state index in [1.165, 1.54) is 11.8 Å². The Labute approximate surface area is 158 Å². The van der Waals surface area contributed by atoms with E-state index in [9.17, 15) is 14.4 Å². The Morgan fingerprint density at radius 1 is 1.00 bits per heavy atom. The molecule has 27 heavy (non-hydrogen) atoms. The van der Waals surface area contributed by atoms with E-state index in [-0.39, 0.29) is 24.3 Å². The molecule has 0 atom stereocenters. The molecule has 0 unspecified atom stereocenters. The van der Waals surface area contributed by atoms with Crippen molar-refractivity contribution in [2.24, 2.45) is 0 Å². The number of carbonyl (C=O) groups is 3. The molecule has 0 radical (unpaired) electrons. The third-order valence-electron chi connectivity index (χ3n) is 4.69. The number of nitrogens with one attached hydrogen (secondary N) is 2. The van der Waals surface area contributed by atoms with Crippen molar-refractivity contribution >= 4 is 34.8 Å². The molecule has 0 bridgehead atoms. The molecule has 2 aromatic rings. The lowest BCUT2D eigenvalue weighted by Gasteiger charge is -2.20. The molecule has 0 fully saturated rings. The number of benzene rings is 2. The number of fused-ring (bicyclic) bond motifs is 1. The Morgan fingerprint density at radius 3 is 2.19 bits per heavy atom. The largest absolute Gasteiger partial charge is 0.326 e. The van der Waals surface area contributed by atoms with Crippen LogP contribution < -0.4 is 15.5 Å². The Hall–Kier alpha value is -3.15. The molecule has 0 spiro atoms. The number of anilines is 3. The quantitative estimate of drug-likeness (QED) is 0.873. The van der Waals surface area contributed by atoms with Gasteiger partial charge in [-0.25, -0.2) is 0 Å². The van der Waals surface area contributed by atoms with Crippen LogP contribution in [-0.2, 0) is 19.8 Å². The monoisotopic (exact) mass is 365 g/mol. The zero-order valence-electron chi connectivity index (χ0n) is 15.9. The van der Waals surface area contributed by atoms with Crippen LogP contribution in [-0.4, -0.2) is 24.3 Å². The van der Waals surface area contributed by atoms with Gasteiger partial charge in [-0.15, -0.1) is 0 Å². The van der Waals surface area contributed by atoms with Crippen LogP contribution in [0.2, 0.25) is 0 Å². The minimum Gasteiger partial charge on any atom is -0.326 e. The van der Waals surface area contributed by atoms with Gasteiger partial charge in [-0.05, 0) is 56.7 Å². The van der Waals surface area contributed by atoms with Crippen LogP contribution in [0.5, 0.6) is 0 Å². The van der Waals surface area contributed by atoms with Gasteiger partial charge in [0.1, 0.15) is 6.54 Å². The maximum absolute atomic E-state index is 12.8. The number of nitrogens with zero attached hydrogens (tertiary/aromatic N) is 1. The van der Waals surface area contributed by atoms with Crippen LogP contribution in [0.15, 0.2) is 42.5 Å². The number of amides is 3. The van der Waals surface area contributed by atoms with Crippen LogP contribution in [0.25, 0.3) is 0 Å². The highest BCUT2D eigenvalue weighted by Crippen LogP contribution is 2.41. The first kappa shape index (κ1) is 18.6. The fourth-order valence-electron chi connectivity index (χ4n) is 3.29. The van der Waals surface area contributed by atoms with Crippen LogP contribution in [0.4, 0.5) is 17.1 Å². The lowest BCUT2D eigenvalue weighted by atomic mass is 9.85. The minimum atomic E-state index is -0.651. The summed E-state index contributed by atoms with van der Waals surface area (Å²) in [5.41, 5.74) is 3.42. The summed E-state index contributed by atoms with van der Waals surface area (Å²) >= 11 is 0. The Bertz CT molecular complexity index is 917. The van der Waals surface area contributed by atoms with Gasteiger partial charge in [-0.2, -0.15) is 0 Å². The van der Waals surface area contributed by atoms with Crippen molar-refractivity contribution in [1.29, 1.82) is 0 Å². The first-order chi connectivity index (χ1) is 12.7. The summed E-state index contributed by atoms with van der Waals surface area (Å²) in [4.78, 5) is 37.9. The van der Waals surface area contributed by atoms with E-state index in [4.69, 9.17) is 0 Å². The average molecular weight is 365 g/mol. The third-order valence-corrected chi connectivity index (χ3v) is 4.69. The summed E-state index contributed by atoms with van der Waals surface area (Å²) in [6.07, 6.45) is 0. The van der Waals surface area contributed by atoms with Gasteiger partial charge in [0.05, 0.1) is 5.41 Å². The number of carbonyl (C=O) groups excluding carboxylic acids is 3. The smallest absolute Gasteiger partial charge is 0.244 e. The second kappa shape index (κ2) is 6.87. The summed E-state index contributed by atoms with van der Waals surface area (Å²) in [6, 6.07) is 12.7. The first-order valence-corrected chi connectivity index (χ1v) is 8.79. The third kappa shape index (κ3) is 3.69. The van der Waals surface area contributed by atoms with Crippen LogP contribution in [0.3, 0.4) is 0 Å². The number of hydrogen-bond acceptors (Lipinski definition) is 3. The highest BCUT2D eigenvalue weighted by Gasteiger charge is 2.44. The molecule has 2 N–H and O–H groups in total. The zero-order chi connectivity index (χ0) is 19.8. The average Bonchev–Trinajstić information content (AvgIpc) is 2.77. The molecule has 3 amide bonds. The molecule has 6 heteroatoms. The van der Waals surface area contributed by atoms with Gasteiger partial charge in [0.25, 0.3) is 0 Å². The highest BCUT2D eigenvalue weighted by atomic mass is 16.2. The van der Waals surface area contributed by atoms with Gasteiger partial charge in [0, 0.05) is 24.0 Å². The summed E-state index contributed by atoms with van der Waals surface area (Å²) in [6.45, 7) is 7.13. The fourth-order valence-corrected chi connectivity index (χ4v) is 3.29. The molecule has 1 aliphatic rings. The van der Waals surface area contributed by atoms with Crippen molar-refractivity contribution in [2.45, 2.75) is 33.1 Å². The van der Waals surface area contributed by atoms with Crippen molar-refractivity contribution in [3.05, 3.63) is 53.6 Å². The second-order valence-electron chi connectivity index (χ2n) is 7.34. The van der Waals surface area contributed by atoms with E-state index in [2.05, 4.69) is 10.6 Å². The standard InChI is InChI=1S/C21H23N3O3/c1-13-5-10-18-17(11-13)21(3,4)20(27)24(18)12-19(26)23-16-8-6-15(7-9-16)22-14(2)25/h5-11H,12H2,1-4H3,(H,22,25)(H,23,26). The molecule has 0 saturated carbocycles. The van der Waals surface area contributed by atoms with Crippen molar-refractivity contribution in [2.75, 3.05) is 22.1 Å². The summed E-state index contributed by atoms with van der Waals surface area (Å²) in [5, 5.41) is 5.46. The van der Waals surface area contributed by atoms with E-state index in [1.54, 1.807) is 24.3 Å². The molecule has 2 aromatic carbocycles. The lowest BCUT2D eigenvalue weighted by Crippen LogP contribution is -2.40. The maximum Gasteiger partial charge on any atom is 0.244 e. The number of aryl methyl sites for hydroxylation is 1. The topological polar surface area (TPSA) is 78.5 Å². The SMILES string of the molecule is CC(=O)Nc1ccc(NC(=O)CN2C(=O)C(C)(C)c3cc(C)ccc32)cc1. The maximum atomic E-state index is 12.8. The summed E-state index contributed by atoms with van der Waals surface area (Å²) < 4.78 is 0. The van der Waals surface area contributed by atoms with Crippen LogP contribution >= 0.6 is 0 Å². The van der Waals surface area contributed by atoms with E-state index in [1.807, 2.05) is 39.0 Å². The first-order valence-electron chi connectivity index (χ1n) is 8.79. The van der Waals surface area contributed by atoms with Crippen molar-refractivity contribution < 1.29 is 14.4 Å². The van der Waals surface area contributed by atoms with Crippen LogP contribution in [0.1, 0.15) is 31.9 Å². The molecule has 3 rings (SSSR count). The van der Waals surface area contributed by atoms with Crippen LogP contribution in [0, 0.1) is 6.92 Å². The minimum absolute atomic E-state index is 0.0498. The van der Waals surface area contributed by atoms with Gasteiger partial charge in [-0.1, -0.05) is 17.7 Å². The van der Waals surface area contributed by atoms with Gasteiger partial charge < -0.3 is 15.5 Å². The van der Waals surface area contributed by atoms with Gasteiger partial charge in [-0.3, -0.25) is 14.4 Å². The van der Waals surface area contributed by atoms with Gasteiger partial charge >= 0.3 is 0 Å². The predicted octanol–water partition coefficient (Wildman–Crippen LogP) is 3.22. The molecular weight excluding hydrogens is 342 g/mol. The zero-order valence-corrected chi connectivity index (χ0v) is 15.9. The molecule has 6 nitrogen and oxygen atoms in total. The number of rotatable bonds is 4. The van der Waals surface area contributed by atoms with E-state index >= 15 is 0 Å². The Morgan fingerprint density at radius 2 is 1.59 bits per heavy atom. The normalized spacial score (nSPS) is 14.7. The molecule has 0 saturated heterocycles. The molecule has 0 aromatic heterocycles. The molecular formula is C21H23N3O3. The van der Waals surface area contributed by atoms with E-state index in [0.717, 1.165) is 16.8 Å². The fraction of sp³-hybridized carbons (Fsp3) is 0.286. The molecule has 1 aliphatic heterocycles. The Kier molecular flexibility index (Phi) is 4.74. The van der Waals surface area contributed by atoms with Crippen molar-refractivity contribution in [1.82, 2.24) is 0 Å². The molecule has 0 aliphatic carbocycles. The van der Waals surface area contributed by atoms with E-state index in [0.29, 0.717) is 11.4 Å². The van der Waals surface area contributed by atoms with E-state index < -0.39 is 5.41 Å². The molecule has 1 heterocycles. The van der Waals surface area contributed by atoms with Gasteiger partial charge in [0.15, 0.2) is 0 Å². The highest BCUT2D eigenvalue weighted by molar-refractivity contribution is 6.11. The molecule has 140 valence electrons. The lowest BCUT2D eigenvalue weighted by molar-refractivity contribution is -0.124. The summed E-state index contributed by atoms with van der Waals surface area (Å²) in [5.74, 6) is -0.519. The van der Waals surface area contributed by atoms with Crippen molar-refractivity contribution in [3.8, 4) is 0 Å². The number of hydrogen-bond donors (Lipinski definition) is 2.